The lowest BCUT2D eigenvalue weighted by Gasteiger charge is -2.37. The highest BCUT2D eigenvalue weighted by Crippen LogP contribution is 2.41. The SMILES string of the molecule is CN=C(NCC(=O)N(C)CCc1ccccn1)NCC1(c2cccs2)CCCCC1. The van der Waals surface area contributed by atoms with Gasteiger partial charge in [0.05, 0.1) is 6.54 Å². The Morgan fingerprint density at radius 1 is 1.20 bits per heavy atom. The summed E-state index contributed by atoms with van der Waals surface area (Å²) in [7, 11) is 3.58. The van der Waals surface area contributed by atoms with E-state index in [1.165, 1.54) is 37.0 Å². The fraction of sp³-hybridized carbons (Fsp3) is 0.522. The Labute approximate surface area is 183 Å². The lowest BCUT2D eigenvalue weighted by Crippen LogP contribution is -2.48. The number of carbonyl (C=O) groups is 1. The van der Waals surface area contributed by atoms with Crippen LogP contribution in [0.25, 0.3) is 0 Å². The van der Waals surface area contributed by atoms with Crippen LogP contribution >= 0.6 is 11.3 Å². The average molecular weight is 428 g/mol. The monoisotopic (exact) mass is 427 g/mol. The third kappa shape index (κ3) is 6.05. The molecule has 1 aliphatic carbocycles. The number of nitrogens with zero attached hydrogens (tertiary/aromatic N) is 3. The van der Waals surface area contributed by atoms with E-state index in [0.29, 0.717) is 12.5 Å². The molecule has 0 saturated heterocycles. The predicted molar refractivity (Wildman–Crippen MR) is 124 cm³/mol. The number of rotatable bonds is 8. The van der Waals surface area contributed by atoms with Crippen LogP contribution in [0.2, 0.25) is 0 Å². The zero-order chi connectivity index (χ0) is 21.2. The molecule has 2 N–H and O–H groups in total. The fourth-order valence-electron chi connectivity index (χ4n) is 4.04. The van der Waals surface area contributed by atoms with E-state index in [9.17, 15) is 4.79 Å². The van der Waals surface area contributed by atoms with E-state index in [1.807, 2.05) is 36.6 Å². The number of pyridine rings is 1. The normalized spacial score (nSPS) is 16.1. The van der Waals surface area contributed by atoms with Crippen LogP contribution in [0.3, 0.4) is 0 Å². The minimum Gasteiger partial charge on any atom is -0.355 e. The van der Waals surface area contributed by atoms with Gasteiger partial charge < -0.3 is 15.5 Å². The molecule has 3 rings (SSSR count). The number of guanidine groups is 1. The van der Waals surface area contributed by atoms with Gasteiger partial charge in [0, 0.05) is 55.8 Å². The molecule has 30 heavy (non-hydrogen) atoms. The van der Waals surface area contributed by atoms with Gasteiger partial charge in [-0.25, -0.2) is 0 Å². The molecular weight excluding hydrogens is 394 g/mol. The molecule has 2 heterocycles. The summed E-state index contributed by atoms with van der Waals surface area (Å²) in [5, 5.41) is 8.84. The first-order chi connectivity index (χ1) is 14.6. The number of aromatic nitrogens is 1. The molecule has 1 fully saturated rings. The van der Waals surface area contributed by atoms with Crippen molar-refractivity contribution in [2.45, 2.75) is 43.9 Å². The highest BCUT2D eigenvalue weighted by atomic mass is 32.1. The Morgan fingerprint density at radius 3 is 2.70 bits per heavy atom. The summed E-state index contributed by atoms with van der Waals surface area (Å²) < 4.78 is 0. The molecule has 0 aromatic carbocycles. The van der Waals surface area contributed by atoms with Crippen LogP contribution in [0.15, 0.2) is 46.9 Å². The third-order valence-electron chi connectivity index (χ3n) is 5.93. The second kappa shape index (κ2) is 11.1. The molecule has 0 aliphatic heterocycles. The molecular formula is C23H33N5OS. The number of amides is 1. The molecule has 2 aromatic heterocycles. The maximum atomic E-state index is 12.5. The Balaban J connectivity index is 1.47. The zero-order valence-electron chi connectivity index (χ0n) is 18.1. The summed E-state index contributed by atoms with van der Waals surface area (Å²) in [5.41, 5.74) is 1.17. The Bertz CT molecular complexity index is 800. The van der Waals surface area contributed by atoms with Crippen LogP contribution < -0.4 is 10.6 Å². The van der Waals surface area contributed by atoms with Crippen LogP contribution in [-0.4, -0.2) is 55.5 Å². The van der Waals surface area contributed by atoms with Crippen molar-refractivity contribution in [3.63, 3.8) is 0 Å². The van der Waals surface area contributed by atoms with Gasteiger partial charge in [-0.1, -0.05) is 31.4 Å². The molecule has 0 radical (unpaired) electrons. The first kappa shape index (κ1) is 22.3. The fourth-order valence-corrected chi connectivity index (χ4v) is 5.03. The van der Waals surface area contributed by atoms with Crippen molar-refractivity contribution in [3.8, 4) is 0 Å². The number of nitrogens with one attached hydrogen (secondary N) is 2. The number of aliphatic imine (C=N–C) groups is 1. The molecule has 7 heteroatoms. The van der Waals surface area contributed by atoms with E-state index < -0.39 is 0 Å². The van der Waals surface area contributed by atoms with Crippen molar-refractivity contribution in [1.82, 2.24) is 20.5 Å². The summed E-state index contributed by atoms with van der Waals surface area (Å²) in [6, 6.07) is 10.3. The topological polar surface area (TPSA) is 69.6 Å². The summed E-state index contributed by atoms with van der Waals surface area (Å²) in [6.07, 6.45) is 8.79. The number of likely N-dealkylation sites (N-methyl/N-ethyl adjacent to an activating group) is 1. The summed E-state index contributed by atoms with van der Waals surface area (Å²) in [5.74, 6) is 0.725. The number of carbonyl (C=O) groups excluding carboxylic acids is 1. The molecule has 0 spiro atoms. The van der Waals surface area contributed by atoms with Gasteiger partial charge in [-0.05, 0) is 36.4 Å². The summed E-state index contributed by atoms with van der Waals surface area (Å²) in [6.45, 7) is 1.71. The first-order valence-corrected chi connectivity index (χ1v) is 11.6. The predicted octanol–water partition coefficient (Wildman–Crippen LogP) is 3.21. The van der Waals surface area contributed by atoms with Crippen LogP contribution in [0.5, 0.6) is 0 Å². The smallest absolute Gasteiger partial charge is 0.241 e. The van der Waals surface area contributed by atoms with E-state index in [1.54, 1.807) is 18.1 Å². The standard InChI is InChI=1S/C23H33N5OS/c1-24-22(26-17-21(29)28(2)15-11-19-9-4-7-14-25-19)27-18-23(12-5-3-6-13-23)20-10-8-16-30-20/h4,7-10,14,16H,3,5-6,11-13,15,17-18H2,1-2H3,(H2,24,26,27). The lowest BCUT2D eigenvalue weighted by atomic mass is 9.73. The van der Waals surface area contributed by atoms with Gasteiger partial charge in [0.1, 0.15) is 0 Å². The van der Waals surface area contributed by atoms with E-state index in [4.69, 9.17) is 0 Å². The first-order valence-electron chi connectivity index (χ1n) is 10.8. The molecule has 0 atom stereocenters. The van der Waals surface area contributed by atoms with Gasteiger partial charge in [-0.15, -0.1) is 11.3 Å². The van der Waals surface area contributed by atoms with Gasteiger partial charge in [0.25, 0.3) is 0 Å². The van der Waals surface area contributed by atoms with Gasteiger partial charge in [0.15, 0.2) is 5.96 Å². The molecule has 0 unspecified atom stereocenters. The molecule has 1 aliphatic rings. The molecule has 162 valence electrons. The highest BCUT2D eigenvalue weighted by Gasteiger charge is 2.34. The van der Waals surface area contributed by atoms with E-state index in [2.05, 4.69) is 38.1 Å². The van der Waals surface area contributed by atoms with Crippen LogP contribution in [-0.2, 0) is 16.6 Å². The zero-order valence-corrected chi connectivity index (χ0v) is 18.9. The molecule has 2 aromatic rings. The molecule has 0 bridgehead atoms. The van der Waals surface area contributed by atoms with E-state index in [-0.39, 0.29) is 17.9 Å². The van der Waals surface area contributed by atoms with Gasteiger partial charge in [-0.2, -0.15) is 0 Å². The Kier molecular flexibility index (Phi) is 8.25. The average Bonchev–Trinajstić information content (AvgIpc) is 3.34. The quantitative estimate of drug-likeness (QED) is 0.501. The maximum absolute atomic E-state index is 12.5. The number of hydrogen-bond acceptors (Lipinski definition) is 4. The molecule has 1 amide bonds. The van der Waals surface area contributed by atoms with Crippen molar-refractivity contribution < 1.29 is 4.79 Å². The maximum Gasteiger partial charge on any atom is 0.241 e. The minimum absolute atomic E-state index is 0.0412. The van der Waals surface area contributed by atoms with Crippen molar-refractivity contribution in [3.05, 3.63) is 52.5 Å². The number of hydrogen-bond donors (Lipinski definition) is 2. The Hall–Kier alpha value is -2.41. The van der Waals surface area contributed by atoms with Crippen LogP contribution in [0.4, 0.5) is 0 Å². The van der Waals surface area contributed by atoms with Gasteiger partial charge in [0.2, 0.25) is 5.91 Å². The lowest BCUT2D eigenvalue weighted by molar-refractivity contribution is -0.128. The van der Waals surface area contributed by atoms with Gasteiger partial charge in [-0.3, -0.25) is 14.8 Å². The van der Waals surface area contributed by atoms with Crippen molar-refractivity contribution in [2.75, 3.05) is 33.7 Å². The second-order valence-electron chi connectivity index (χ2n) is 7.98. The molecule has 1 saturated carbocycles. The minimum atomic E-state index is 0.0412. The van der Waals surface area contributed by atoms with E-state index in [0.717, 1.165) is 18.7 Å². The largest absolute Gasteiger partial charge is 0.355 e. The number of thiophene rings is 1. The summed E-state index contributed by atoms with van der Waals surface area (Å²) >= 11 is 1.85. The van der Waals surface area contributed by atoms with Gasteiger partial charge >= 0.3 is 0 Å². The summed E-state index contributed by atoms with van der Waals surface area (Å²) in [4.78, 5) is 24.3. The van der Waals surface area contributed by atoms with Crippen molar-refractivity contribution in [2.24, 2.45) is 4.99 Å². The van der Waals surface area contributed by atoms with Crippen LogP contribution in [0, 0.1) is 0 Å². The molecule has 6 nitrogen and oxygen atoms in total. The second-order valence-corrected chi connectivity index (χ2v) is 8.93. The Morgan fingerprint density at radius 2 is 2.03 bits per heavy atom. The van der Waals surface area contributed by atoms with E-state index >= 15 is 0 Å². The van der Waals surface area contributed by atoms with Crippen LogP contribution in [0.1, 0.15) is 42.7 Å². The van der Waals surface area contributed by atoms with Crippen molar-refractivity contribution in [1.29, 1.82) is 0 Å². The third-order valence-corrected chi connectivity index (χ3v) is 7.05. The van der Waals surface area contributed by atoms with Crippen molar-refractivity contribution >= 4 is 23.2 Å². The highest BCUT2D eigenvalue weighted by molar-refractivity contribution is 7.10.